The molecule has 2 rings (SSSR count). The van der Waals surface area contributed by atoms with E-state index >= 15 is 0 Å². The Morgan fingerprint density at radius 1 is 1.20 bits per heavy atom. The zero-order valence-electron chi connectivity index (χ0n) is 9.76. The molecule has 1 heterocycles. The van der Waals surface area contributed by atoms with Crippen molar-refractivity contribution in [1.29, 1.82) is 0 Å². The molecule has 1 nitrogen and oxygen atoms in total. The Bertz CT molecular complexity index is 331. The van der Waals surface area contributed by atoms with Crippen LogP contribution in [0.3, 0.4) is 0 Å². The third-order valence-electron chi connectivity index (χ3n) is 2.96. The van der Waals surface area contributed by atoms with Gasteiger partial charge in [-0.15, -0.1) is 0 Å². The van der Waals surface area contributed by atoms with Gasteiger partial charge in [-0.3, -0.25) is 0 Å². The topological polar surface area (TPSA) is 12.0 Å². The van der Waals surface area contributed by atoms with Crippen LogP contribution in [0, 0.1) is 20.8 Å². The van der Waals surface area contributed by atoms with Crippen LogP contribution < -0.4 is 5.32 Å². The molecule has 0 saturated carbocycles. The predicted octanol–water partition coefficient (Wildman–Crippen LogP) is 3.53. The van der Waals surface area contributed by atoms with E-state index in [0.717, 1.165) is 0 Å². The third kappa shape index (κ3) is 2.49. The van der Waals surface area contributed by atoms with Gasteiger partial charge < -0.3 is 5.32 Å². The summed E-state index contributed by atoms with van der Waals surface area (Å²) in [5.41, 5.74) is 5.47. The van der Waals surface area contributed by atoms with Gasteiger partial charge in [-0.2, -0.15) is 11.8 Å². The average Bonchev–Trinajstić information content (AvgIpc) is 2.63. The number of thioether (sulfide) groups is 1. The molecule has 0 bridgehead atoms. The smallest absolute Gasteiger partial charge is 0.0402 e. The molecule has 0 spiro atoms. The molecule has 15 heavy (non-hydrogen) atoms. The molecule has 0 aliphatic carbocycles. The standard InChI is InChI=1S/C13H19NS/c1-9-6-10(2)13(11(3)7-9)14-12-4-5-15-8-12/h6-7,12,14H,4-5,8H2,1-3H3. The quantitative estimate of drug-likeness (QED) is 0.820. The summed E-state index contributed by atoms with van der Waals surface area (Å²) in [4.78, 5) is 0. The maximum Gasteiger partial charge on any atom is 0.0402 e. The lowest BCUT2D eigenvalue weighted by molar-refractivity contribution is 0.810. The maximum absolute atomic E-state index is 3.68. The number of hydrogen-bond donors (Lipinski definition) is 1. The van der Waals surface area contributed by atoms with E-state index in [1.54, 1.807) is 0 Å². The highest BCUT2D eigenvalue weighted by Gasteiger charge is 2.16. The fourth-order valence-corrected chi connectivity index (χ4v) is 3.41. The molecule has 1 aromatic rings. The molecule has 0 radical (unpaired) electrons. The van der Waals surface area contributed by atoms with Crippen molar-refractivity contribution in [3.05, 3.63) is 28.8 Å². The fourth-order valence-electron chi connectivity index (χ4n) is 2.26. The molecule has 1 aromatic carbocycles. The van der Waals surface area contributed by atoms with Gasteiger partial charge >= 0.3 is 0 Å². The molecule has 1 aliphatic rings. The van der Waals surface area contributed by atoms with Gasteiger partial charge in [0.2, 0.25) is 0 Å². The van der Waals surface area contributed by atoms with E-state index in [1.807, 2.05) is 0 Å². The molecule has 1 fully saturated rings. The summed E-state index contributed by atoms with van der Waals surface area (Å²) < 4.78 is 0. The van der Waals surface area contributed by atoms with Gasteiger partial charge in [0.15, 0.2) is 0 Å². The highest BCUT2D eigenvalue weighted by molar-refractivity contribution is 7.99. The molecule has 0 amide bonds. The van der Waals surface area contributed by atoms with E-state index < -0.39 is 0 Å². The largest absolute Gasteiger partial charge is 0.381 e. The van der Waals surface area contributed by atoms with E-state index in [-0.39, 0.29) is 0 Å². The van der Waals surface area contributed by atoms with E-state index in [4.69, 9.17) is 0 Å². The van der Waals surface area contributed by atoms with Crippen LogP contribution in [0.2, 0.25) is 0 Å². The van der Waals surface area contributed by atoms with Gasteiger partial charge in [0.25, 0.3) is 0 Å². The van der Waals surface area contributed by atoms with Crippen molar-refractivity contribution in [2.45, 2.75) is 33.2 Å². The predicted molar refractivity (Wildman–Crippen MR) is 70.0 cm³/mol. The van der Waals surface area contributed by atoms with Gasteiger partial charge in [0.05, 0.1) is 0 Å². The maximum atomic E-state index is 3.68. The van der Waals surface area contributed by atoms with Gasteiger partial charge in [0.1, 0.15) is 0 Å². The number of aryl methyl sites for hydroxylation is 3. The van der Waals surface area contributed by atoms with Crippen LogP contribution in [0.4, 0.5) is 5.69 Å². The molecule has 1 aliphatic heterocycles. The molecule has 1 atom stereocenters. The minimum Gasteiger partial charge on any atom is -0.381 e. The Kier molecular flexibility index (Phi) is 3.25. The first kappa shape index (κ1) is 10.9. The van der Waals surface area contributed by atoms with E-state index in [1.165, 1.54) is 40.3 Å². The molecule has 1 saturated heterocycles. The van der Waals surface area contributed by atoms with Crippen molar-refractivity contribution in [1.82, 2.24) is 0 Å². The summed E-state index contributed by atoms with van der Waals surface area (Å²) in [5, 5.41) is 3.68. The van der Waals surface area contributed by atoms with Crippen molar-refractivity contribution in [3.8, 4) is 0 Å². The first-order chi connectivity index (χ1) is 7.16. The van der Waals surface area contributed by atoms with Crippen LogP contribution in [0.15, 0.2) is 12.1 Å². The van der Waals surface area contributed by atoms with Crippen LogP contribution in [-0.2, 0) is 0 Å². The molecule has 0 aromatic heterocycles. The fraction of sp³-hybridized carbons (Fsp3) is 0.538. The summed E-state index contributed by atoms with van der Waals surface area (Å²) in [6.07, 6.45) is 1.30. The lowest BCUT2D eigenvalue weighted by atomic mass is 10.0. The highest BCUT2D eigenvalue weighted by Crippen LogP contribution is 2.26. The second-order valence-electron chi connectivity index (χ2n) is 4.48. The second kappa shape index (κ2) is 4.48. The summed E-state index contributed by atoms with van der Waals surface area (Å²) in [6, 6.07) is 5.20. The Hall–Kier alpha value is -0.630. The summed E-state index contributed by atoms with van der Waals surface area (Å²) in [7, 11) is 0. The zero-order chi connectivity index (χ0) is 10.8. The molecule has 82 valence electrons. The van der Waals surface area contributed by atoms with Crippen molar-refractivity contribution < 1.29 is 0 Å². The number of nitrogens with one attached hydrogen (secondary N) is 1. The molecular weight excluding hydrogens is 202 g/mol. The van der Waals surface area contributed by atoms with Gasteiger partial charge in [-0.1, -0.05) is 17.7 Å². The van der Waals surface area contributed by atoms with Crippen LogP contribution in [-0.4, -0.2) is 17.5 Å². The van der Waals surface area contributed by atoms with Gasteiger partial charge in [-0.25, -0.2) is 0 Å². The van der Waals surface area contributed by atoms with Crippen molar-refractivity contribution in [3.63, 3.8) is 0 Å². The Balaban J connectivity index is 2.19. The summed E-state index contributed by atoms with van der Waals surface area (Å²) in [5.74, 6) is 2.56. The van der Waals surface area contributed by atoms with E-state index in [2.05, 4.69) is 50.0 Å². The SMILES string of the molecule is Cc1cc(C)c(NC2CCSC2)c(C)c1. The van der Waals surface area contributed by atoms with Crippen LogP contribution >= 0.6 is 11.8 Å². The van der Waals surface area contributed by atoms with E-state index in [0.29, 0.717) is 6.04 Å². The number of rotatable bonds is 2. The highest BCUT2D eigenvalue weighted by atomic mass is 32.2. The Morgan fingerprint density at radius 2 is 1.87 bits per heavy atom. The van der Waals surface area contributed by atoms with Crippen molar-refractivity contribution in [2.75, 3.05) is 16.8 Å². The number of hydrogen-bond acceptors (Lipinski definition) is 2. The van der Waals surface area contributed by atoms with Crippen LogP contribution in [0.1, 0.15) is 23.1 Å². The normalized spacial score (nSPS) is 20.6. The average molecular weight is 221 g/mol. The Morgan fingerprint density at radius 3 is 2.40 bits per heavy atom. The third-order valence-corrected chi connectivity index (χ3v) is 4.12. The molecular formula is C13H19NS. The van der Waals surface area contributed by atoms with Gasteiger partial charge in [0, 0.05) is 17.5 Å². The van der Waals surface area contributed by atoms with Crippen molar-refractivity contribution >= 4 is 17.4 Å². The monoisotopic (exact) mass is 221 g/mol. The van der Waals surface area contributed by atoms with E-state index in [9.17, 15) is 0 Å². The van der Waals surface area contributed by atoms with Gasteiger partial charge in [-0.05, 0) is 44.1 Å². The molecule has 1 N–H and O–H groups in total. The number of benzene rings is 1. The lowest BCUT2D eigenvalue weighted by Crippen LogP contribution is -2.19. The van der Waals surface area contributed by atoms with Crippen molar-refractivity contribution in [2.24, 2.45) is 0 Å². The Labute approximate surface area is 96.7 Å². The van der Waals surface area contributed by atoms with Crippen LogP contribution in [0.5, 0.6) is 0 Å². The zero-order valence-corrected chi connectivity index (χ0v) is 10.6. The summed E-state index contributed by atoms with van der Waals surface area (Å²) in [6.45, 7) is 6.56. The molecule has 2 heteroatoms. The first-order valence-corrected chi connectivity index (χ1v) is 6.74. The lowest BCUT2D eigenvalue weighted by Gasteiger charge is -2.18. The minimum atomic E-state index is 0.676. The van der Waals surface area contributed by atoms with Crippen LogP contribution in [0.25, 0.3) is 0 Å². The minimum absolute atomic E-state index is 0.676. The first-order valence-electron chi connectivity index (χ1n) is 5.59. The summed E-state index contributed by atoms with van der Waals surface area (Å²) >= 11 is 2.05. The second-order valence-corrected chi connectivity index (χ2v) is 5.63. The number of anilines is 1. The molecule has 1 unspecified atom stereocenters.